The maximum Gasteiger partial charge on any atom is 0.227 e. The Hall–Kier alpha value is -1.44. The number of rotatable bonds is 10. The topological polar surface area (TPSA) is 69.7 Å². The molecule has 7 heteroatoms. The van der Waals surface area contributed by atoms with Crippen molar-refractivity contribution in [2.75, 3.05) is 37.8 Å². The largest absolute Gasteiger partial charge is 0.326 e. The maximum atomic E-state index is 12.6. The lowest BCUT2D eigenvalue weighted by atomic mass is 9.88. The number of sulfonamides is 1. The molecule has 1 unspecified atom stereocenters. The lowest BCUT2D eigenvalue weighted by Crippen LogP contribution is -2.44. The van der Waals surface area contributed by atoms with Crippen molar-refractivity contribution < 1.29 is 13.2 Å². The standard InChI is InChI=1S/C26H43N3O3S/c1-4-15-28(20-22-13-16-29(17-14-22)33(3,31)32)21(2)18-23-9-8-12-25(19-23)27-26(30)24-10-6-5-7-11-24/h8-9,12,19,21-22,24H,4-7,10-11,13-18,20H2,1-3H3,(H,27,30). The van der Waals surface area contributed by atoms with Crippen molar-refractivity contribution >= 4 is 21.6 Å². The molecule has 1 N–H and O–H groups in total. The van der Waals surface area contributed by atoms with Gasteiger partial charge in [0.2, 0.25) is 15.9 Å². The molecule has 2 fully saturated rings. The van der Waals surface area contributed by atoms with E-state index < -0.39 is 10.0 Å². The monoisotopic (exact) mass is 477 g/mol. The van der Waals surface area contributed by atoms with E-state index in [-0.39, 0.29) is 11.8 Å². The van der Waals surface area contributed by atoms with Gasteiger partial charge in [-0.05, 0) is 75.6 Å². The first-order valence-corrected chi connectivity index (χ1v) is 14.7. The summed E-state index contributed by atoms with van der Waals surface area (Å²) in [6, 6.07) is 8.72. The highest BCUT2D eigenvalue weighted by Crippen LogP contribution is 2.26. The number of benzene rings is 1. The fourth-order valence-corrected chi connectivity index (χ4v) is 6.26. The Morgan fingerprint density at radius 3 is 2.48 bits per heavy atom. The van der Waals surface area contributed by atoms with Gasteiger partial charge in [0.15, 0.2) is 0 Å². The molecule has 3 rings (SSSR count). The lowest BCUT2D eigenvalue weighted by Gasteiger charge is -2.36. The van der Waals surface area contributed by atoms with E-state index in [4.69, 9.17) is 0 Å². The van der Waals surface area contributed by atoms with E-state index >= 15 is 0 Å². The van der Waals surface area contributed by atoms with Gasteiger partial charge < -0.3 is 10.2 Å². The summed E-state index contributed by atoms with van der Waals surface area (Å²) in [7, 11) is -3.08. The molecule has 1 aromatic carbocycles. The SMILES string of the molecule is CCCN(CC1CCN(S(C)(=O)=O)CC1)C(C)Cc1cccc(NC(=O)C2CCCCC2)c1. The molecule has 0 aromatic heterocycles. The Morgan fingerprint density at radius 1 is 1.15 bits per heavy atom. The molecule has 6 nitrogen and oxygen atoms in total. The van der Waals surface area contributed by atoms with Crippen molar-refractivity contribution in [3.63, 3.8) is 0 Å². The molecular weight excluding hydrogens is 434 g/mol. The number of amides is 1. The van der Waals surface area contributed by atoms with Crippen LogP contribution in [0.4, 0.5) is 5.69 Å². The van der Waals surface area contributed by atoms with E-state index in [1.807, 2.05) is 12.1 Å². The second kappa shape index (κ2) is 12.3. The molecule has 0 bridgehead atoms. The predicted molar refractivity (Wildman–Crippen MR) is 136 cm³/mol. The first-order chi connectivity index (χ1) is 15.8. The molecule has 1 saturated carbocycles. The van der Waals surface area contributed by atoms with Crippen molar-refractivity contribution in [2.45, 2.75) is 77.7 Å². The van der Waals surface area contributed by atoms with Crippen LogP contribution < -0.4 is 5.32 Å². The molecular formula is C26H43N3O3S. The quantitative estimate of drug-likeness (QED) is 0.538. The van der Waals surface area contributed by atoms with Gasteiger partial charge in [-0.3, -0.25) is 4.79 Å². The fraction of sp³-hybridized carbons (Fsp3) is 0.731. The normalized spacial score (nSPS) is 20.1. The van der Waals surface area contributed by atoms with Crippen molar-refractivity contribution in [1.82, 2.24) is 9.21 Å². The van der Waals surface area contributed by atoms with Gasteiger partial charge in [0.25, 0.3) is 0 Å². The Kier molecular flexibility index (Phi) is 9.77. The average molecular weight is 478 g/mol. The van der Waals surface area contributed by atoms with E-state index in [0.717, 1.165) is 70.1 Å². The highest BCUT2D eigenvalue weighted by molar-refractivity contribution is 7.88. The molecule has 0 radical (unpaired) electrons. The highest BCUT2D eigenvalue weighted by Gasteiger charge is 2.27. The Morgan fingerprint density at radius 2 is 1.85 bits per heavy atom. The van der Waals surface area contributed by atoms with Crippen molar-refractivity contribution in [1.29, 1.82) is 0 Å². The van der Waals surface area contributed by atoms with Crippen LogP contribution in [0.25, 0.3) is 0 Å². The molecule has 1 aliphatic heterocycles. The summed E-state index contributed by atoms with van der Waals surface area (Å²) < 4.78 is 25.2. The summed E-state index contributed by atoms with van der Waals surface area (Å²) in [4.78, 5) is 15.2. The first kappa shape index (κ1) is 26.2. The fourth-order valence-electron chi connectivity index (χ4n) is 5.39. The molecule has 1 saturated heterocycles. The second-order valence-electron chi connectivity index (χ2n) is 10.2. The van der Waals surface area contributed by atoms with Gasteiger partial charge in [0.1, 0.15) is 0 Å². The molecule has 1 heterocycles. The number of carbonyl (C=O) groups is 1. The van der Waals surface area contributed by atoms with E-state index in [9.17, 15) is 13.2 Å². The van der Waals surface area contributed by atoms with Gasteiger partial charge in [-0.2, -0.15) is 0 Å². The summed E-state index contributed by atoms with van der Waals surface area (Å²) in [5.41, 5.74) is 2.16. The maximum absolute atomic E-state index is 12.6. The van der Waals surface area contributed by atoms with Crippen LogP contribution in [-0.2, 0) is 21.2 Å². The van der Waals surface area contributed by atoms with Crippen molar-refractivity contribution in [3.05, 3.63) is 29.8 Å². The lowest BCUT2D eigenvalue weighted by molar-refractivity contribution is -0.120. The van der Waals surface area contributed by atoms with E-state index in [1.165, 1.54) is 18.2 Å². The number of hydrogen-bond donors (Lipinski definition) is 1. The zero-order valence-electron chi connectivity index (χ0n) is 20.8. The van der Waals surface area contributed by atoms with Crippen LogP contribution in [0.5, 0.6) is 0 Å². The minimum Gasteiger partial charge on any atom is -0.326 e. The van der Waals surface area contributed by atoms with Gasteiger partial charge in [-0.15, -0.1) is 0 Å². The average Bonchev–Trinajstić information content (AvgIpc) is 2.79. The van der Waals surface area contributed by atoms with Gasteiger partial charge in [-0.25, -0.2) is 12.7 Å². The van der Waals surface area contributed by atoms with E-state index in [2.05, 4.69) is 36.2 Å². The second-order valence-corrected chi connectivity index (χ2v) is 12.2. The number of anilines is 1. The van der Waals surface area contributed by atoms with Crippen LogP contribution in [0.2, 0.25) is 0 Å². The smallest absolute Gasteiger partial charge is 0.227 e. The Balaban J connectivity index is 1.54. The third-order valence-corrected chi connectivity index (χ3v) is 8.67. The zero-order valence-corrected chi connectivity index (χ0v) is 21.6. The van der Waals surface area contributed by atoms with E-state index in [0.29, 0.717) is 25.0 Å². The molecule has 1 aromatic rings. The molecule has 1 atom stereocenters. The molecule has 0 spiro atoms. The van der Waals surface area contributed by atoms with Gasteiger partial charge >= 0.3 is 0 Å². The van der Waals surface area contributed by atoms with Gasteiger partial charge in [0, 0.05) is 37.3 Å². The summed E-state index contributed by atoms with van der Waals surface area (Å²) in [5.74, 6) is 0.876. The summed E-state index contributed by atoms with van der Waals surface area (Å²) in [6.45, 7) is 7.85. The molecule has 1 aliphatic carbocycles. The number of piperidine rings is 1. The van der Waals surface area contributed by atoms with Crippen LogP contribution in [0.3, 0.4) is 0 Å². The van der Waals surface area contributed by atoms with Crippen LogP contribution in [0.15, 0.2) is 24.3 Å². The number of hydrogen-bond acceptors (Lipinski definition) is 4. The molecule has 33 heavy (non-hydrogen) atoms. The number of nitrogens with zero attached hydrogens (tertiary/aromatic N) is 2. The molecule has 2 aliphatic rings. The van der Waals surface area contributed by atoms with Gasteiger partial charge in [0.05, 0.1) is 6.26 Å². The third kappa shape index (κ3) is 8.08. The zero-order chi connectivity index (χ0) is 23.8. The Bertz CT molecular complexity index is 859. The van der Waals surface area contributed by atoms with Crippen LogP contribution >= 0.6 is 0 Å². The first-order valence-electron chi connectivity index (χ1n) is 12.8. The van der Waals surface area contributed by atoms with Crippen LogP contribution in [0.1, 0.15) is 70.8 Å². The van der Waals surface area contributed by atoms with Gasteiger partial charge in [-0.1, -0.05) is 38.3 Å². The third-order valence-electron chi connectivity index (χ3n) is 7.37. The highest BCUT2D eigenvalue weighted by atomic mass is 32.2. The molecule has 1 amide bonds. The minimum absolute atomic E-state index is 0.162. The van der Waals surface area contributed by atoms with E-state index in [1.54, 1.807) is 4.31 Å². The Labute approximate surface area is 201 Å². The van der Waals surface area contributed by atoms with Crippen molar-refractivity contribution in [2.24, 2.45) is 11.8 Å². The summed E-state index contributed by atoms with van der Waals surface area (Å²) in [5, 5.41) is 3.16. The number of nitrogens with one attached hydrogen (secondary N) is 1. The van der Waals surface area contributed by atoms with Crippen LogP contribution in [-0.4, -0.2) is 62.0 Å². The minimum atomic E-state index is -3.08. The number of carbonyl (C=O) groups excluding carboxylic acids is 1. The molecule has 186 valence electrons. The summed E-state index contributed by atoms with van der Waals surface area (Å²) in [6.07, 6.45) is 10.8. The predicted octanol–water partition coefficient (Wildman–Crippen LogP) is 4.52. The van der Waals surface area contributed by atoms with Crippen molar-refractivity contribution in [3.8, 4) is 0 Å². The summed E-state index contributed by atoms with van der Waals surface area (Å²) >= 11 is 0. The van der Waals surface area contributed by atoms with Crippen LogP contribution in [0, 0.1) is 11.8 Å².